The quantitative estimate of drug-likeness (QED) is 0.403. The summed E-state index contributed by atoms with van der Waals surface area (Å²) in [4.78, 5) is 36.0. The molecular formula is C23H20N4O5S. The molecule has 0 fully saturated rings. The Morgan fingerprint density at radius 3 is 2.42 bits per heavy atom. The SMILES string of the molecule is COc1nccc(C(=O)c2cc3cnccc3n2S(=O)(=O)c2ccccc2)c1C(=O)N(C)C. The highest BCUT2D eigenvalue weighted by molar-refractivity contribution is 7.90. The Morgan fingerprint density at radius 1 is 1.03 bits per heavy atom. The van der Waals surface area contributed by atoms with E-state index in [1.807, 2.05) is 0 Å². The highest BCUT2D eigenvalue weighted by Crippen LogP contribution is 2.29. The molecule has 0 unspecified atom stereocenters. The molecule has 0 radical (unpaired) electrons. The summed E-state index contributed by atoms with van der Waals surface area (Å²) in [5, 5.41) is 0.460. The molecule has 4 rings (SSSR count). The van der Waals surface area contributed by atoms with Crippen molar-refractivity contribution in [2.45, 2.75) is 4.90 Å². The molecule has 0 bridgehead atoms. The fraction of sp³-hybridized carbons (Fsp3) is 0.130. The van der Waals surface area contributed by atoms with Crippen molar-refractivity contribution in [3.63, 3.8) is 0 Å². The van der Waals surface area contributed by atoms with Crippen LogP contribution >= 0.6 is 0 Å². The Balaban J connectivity index is 2.01. The molecular weight excluding hydrogens is 444 g/mol. The Labute approximate surface area is 190 Å². The van der Waals surface area contributed by atoms with Crippen LogP contribution in [0.5, 0.6) is 5.88 Å². The van der Waals surface area contributed by atoms with Crippen molar-refractivity contribution >= 4 is 32.6 Å². The third-order valence-corrected chi connectivity index (χ3v) is 6.79. The van der Waals surface area contributed by atoms with E-state index in [9.17, 15) is 18.0 Å². The summed E-state index contributed by atoms with van der Waals surface area (Å²) < 4.78 is 33.4. The van der Waals surface area contributed by atoms with E-state index in [-0.39, 0.29) is 27.6 Å². The largest absolute Gasteiger partial charge is 0.480 e. The zero-order chi connectivity index (χ0) is 23.8. The minimum Gasteiger partial charge on any atom is -0.480 e. The Hall–Kier alpha value is -4.05. The first-order valence-corrected chi connectivity index (χ1v) is 11.3. The van der Waals surface area contributed by atoms with E-state index in [1.165, 1.54) is 75.0 Å². The third-order valence-electron chi connectivity index (χ3n) is 5.05. The Morgan fingerprint density at radius 2 is 1.76 bits per heavy atom. The van der Waals surface area contributed by atoms with Crippen LogP contribution in [0.3, 0.4) is 0 Å². The van der Waals surface area contributed by atoms with Crippen LogP contribution in [0.15, 0.2) is 72.0 Å². The zero-order valence-corrected chi connectivity index (χ0v) is 18.9. The van der Waals surface area contributed by atoms with Gasteiger partial charge in [-0.3, -0.25) is 14.6 Å². The van der Waals surface area contributed by atoms with Crippen molar-refractivity contribution in [2.24, 2.45) is 0 Å². The van der Waals surface area contributed by atoms with Gasteiger partial charge in [-0.15, -0.1) is 0 Å². The Bertz CT molecular complexity index is 1480. The third kappa shape index (κ3) is 3.74. The molecule has 3 aromatic heterocycles. The van der Waals surface area contributed by atoms with Gasteiger partial charge in [0.2, 0.25) is 11.7 Å². The highest BCUT2D eigenvalue weighted by Gasteiger charge is 2.31. The average Bonchev–Trinajstić information content (AvgIpc) is 3.23. The van der Waals surface area contributed by atoms with Crippen molar-refractivity contribution in [2.75, 3.05) is 21.2 Å². The van der Waals surface area contributed by atoms with E-state index in [2.05, 4.69) is 9.97 Å². The number of methoxy groups -OCH3 is 1. The lowest BCUT2D eigenvalue weighted by Crippen LogP contribution is -2.26. The molecule has 9 nitrogen and oxygen atoms in total. The van der Waals surface area contributed by atoms with Gasteiger partial charge < -0.3 is 9.64 Å². The second-order valence-electron chi connectivity index (χ2n) is 7.32. The van der Waals surface area contributed by atoms with Crippen LogP contribution in [-0.4, -0.2) is 60.2 Å². The van der Waals surface area contributed by atoms with E-state index in [0.29, 0.717) is 10.9 Å². The van der Waals surface area contributed by atoms with Crippen LogP contribution in [0.25, 0.3) is 10.9 Å². The molecule has 1 aromatic carbocycles. The fourth-order valence-electron chi connectivity index (χ4n) is 3.50. The smallest absolute Gasteiger partial charge is 0.268 e. The standard InChI is InChI=1S/C23H20N4O5S/c1-26(2)23(29)20-17(9-12-25-22(20)32-3)21(28)19-13-15-14-24-11-10-18(15)27(19)33(30,31)16-7-5-4-6-8-16/h4-14H,1-3H3. The van der Waals surface area contributed by atoms with Crippen molar-refractivity contribution in [3.05, 3.63) is 83.9 Å². The van der Waals surface area contributed by atoms with Gasteiger partial charge in [0, 0.05) is 43.6 Å². The number of rotatable bonds is 6. The van der Waals surface area contributed by atoms with Gasteiger partial charge in [0.1, 0.15) is 11.3 Å². The number of pyridine rings is 2. The first kappa shape index (κ1) is 22.2. The van der Waals surface area contributed by atoms with Crippen molar-refractivity contribution in [3.8, 4) is 5.88 Å². The minimum absolute atomic E-state index is 0.0188. The molecule has 0 spiro atoms. The number of carbonyl (C=O) groups is 2. The first-order chi connectivity index (χ1) is 15.8. The van der Waals surface area contributed by atoms with Gasteiger partial charge in [0.15, 0.2) is 0 Å². The van der Waals surface area contributed by atoms with E-state index in [4.69, 9.17) is 4.74 Å². The normalized spacial score (nSPS) is 11.4. The number of aromatic nitrogens is 3. The number of amides is 1. The van der Waals surface area contributed by atoms with Crippen LogP contribution in [0.4, 0.5) is 0 Å². The lowest BCUT2D eigenvalue weighted by Gasteiger charge is -2.16. The van der Waals surface area contributed by atoms with Crippen LogP contribution < -0.4 is 4.74 Å². The molecule has 0 N–H and O–H groups in total. The van der Waals surface area contributed by atoms with Gasteiger partial charge in [-0.2, -0.15) is 0 Å². The molecule has 0 aliphatic carbocycles. The molecule has 33 heavy (non-hydrogen) atoms. The summed E-state index contributed by atoms with van der Waals surface area (Å²) in [6, 6.07) is 12.1. The van der Waals surface area contributed by atoms with E-state index in [0.717, 1.165) is 3.97 Å². The molecule has 10 heteroatoms. The van der Waals surface area contributed by atoms with Gasteiger partial charge in [0.05, 0.1) is 17.5 Å². The number of benzene rings is 1. The number of ether oxygens (including phenoxy) is 1. The number of fused-ring (bicyclic) bond motifs is 1. The van der Waals surface area contributed by atoms with Gasteiger partial charge in [-0.05, 0) is 30.3 Å². The van der Waals surface area contributed by atoms with E-state index >= 15 is 0 Å². The maximum Gasteiger partial charge on any atom is 0.268 e. The van der Waals surface area contributed by atoms with Crippen molar-refractivity contribution < 1.29 is 22.7 Å². The molecule has 0 saturated carbocycles. The molecule has 0 aliphatic rings. The van der Waals surface area contributed by atoms with Crippen LogP contribution in [0.1, 0.15) is 26.4 Å². The number of carbonyl (C=O) groups excluding carboxylic acids is 2. The van der Waals surface area contributed by atoms with Crippen LogP contribution in [0.2, 0.25) is 0 Å². The maximum absolute atomic E-state index is 13.8. The lowest BCUT2D eigenvalue weighted by atomic mass is 10.0. The molecule has 3 heterocycles. The monoisotopic (exact) mass is 464 g/mol. The predicted molar refractivity (Wildman–Crippen MR) is 121 cm³/mol. The van der Waals surface area contributed by atoms with Gasteiger partial charge in [-0.1, -0.05) is 18.2 Å². The van der Waals surface area contributed by atoms with E-state index in [1.54, 1.807) is 18.2 Å². The first-order valence-electron chi connectivity index (χ1n) is 9.82. The summed E-state index contributed by atoms with van der Waals surface area (Å²) >= 11 is 0. The number of hydrogen-bond donors (Lipinski definition) is 0. The van der Waals surface area contributed by atoms with Crippen LogP contribution in [0, 0.1) is 0 Å². The molecule has 1 amide bonds. The zero-order valence-electron chi connectivity index (χ0n) is 18.1. The summed E-state index contributed by atoms with van der Waals surface area (Å²) in [5.41, 5.74) is 0.0736. The van der Waals surface area contributed by atoms with E-state index < -0.39 is 21.7 Å². The van der Waals surface area contributed by atoms with Gasteiger partial charge in [0.25, 0.3) is 15.9 Å². The number of nitrogens with zero attached hydrogens (tertiary/aromatic N) is 4. The molecule has 0 aliphatic heterocycles. The van der Waals surface area contributed by atoms with Gasteiger partial charge >= 0.3 is 0 Å². The predicted octanol–water partition coefficient (Wildman–Crippen LogP) is 2.61. The lowest BCUT2D eigenvalue weighted by molar-refractivity contribution is 0.0817. The number of ketones is 1. The summed E-state index contributed by atoms with van der Waals surface area (Å²) in [6.45, 7) is 0. The average molecular weight is 465 g/mol. The molecule has 4 aromatic rings. The minimum atomic E-state index is -4.15. The molecule has 168 valence electrons. The van der Waals surface area contributed by atoms with Crippen molar-refractivity contribution in [1.29, 1.82) is 0 Å². The summed E-state index contributed by atoms with van der Waals surface area (Å²) in [6.07, 6.45) is 4.25. The Kier molecular flexibility index (Phi) is 5.69. The summed E-state index contributed by atoms with van der Waals surface area (Å²) in [5.74, 6) is -1.20. The second kappa shape index (κ2) is 8.47. The van der Waals surface area contributed by atoms with Crippen LogP contribution in [-0.2, 0) is 10.0 Å². The molecule has 0 saturated heterocycles. The highest BCUT2D eigenvalue weighted by atomic mass is 32.2. The number of hydrogen-bond acceptors (Lipinski definition) is 7. The topological polar surface area (TPSA) is 111 Å². The second-order valence-corrected chi connectivity index (χ2v) is 9.10. The molecule has 0 atom stereocenters. The fourth-order valence-corrected chi connectivity index (χ4v) is 5.03. The van der Waals surface area contributed by atoms with Crippen molar-refractivity contribution in [1.82, 2.24) is 18.8 Å². The van der Waals surface area contributed by atoms with Gasteiger partial charge in [-0.25, -0.2) is 17.4 Å². The maximum atomic E-state index is 13.8. The summed E-state index contributed by atoms with van der Waals surface area (Å²) in [7, 11) is 0.260.